The number of nitrogens with zero attached hydrogens (tertiary/aromatic N) is 3. The normalized spacial score (nSPS) is 17.4. The molecule has 1 aromatic rings. The third-order valence-corrected chi connectivity index (χ3v) is 3.32. The fourth-order valence-electron chi connectivity index (χ4n) is 2.28. The Bertz CT molecular complexity index is 482. The van der Waals surface area contributed by atoms with E-state index in [1.54, 1.807) is 13.0 Å². The average Bonchev–Trinajstić information content (AvgIpc) is 2.30. The number of rotatable bonds is 3. The lowest BCUT2D eigenvalue weighted by Crippen LogP contribution is -2.47. The number of hydrogen-bond donors (Lipinski definition) is 2. The van der Waals surface area contributed by atoms with Crippen molar-refractivity contribution in [1.29, 1.82) is 0 Å². The van der Waals surface area contributed by atoms with Gasteiger partial charge in [0.15, 0.2) is 0 Å². The zero-order valence-electron chi connectivity index (χ0n) is 11.6. The summed E-state index contributed by atoms with van der Waals surface area (Å²) in [6, 6.07) is 1.79. The second-order valence-electron chi connectivity index (χ2n) is 4.98. The minimum absolute atomic E-state index is 0.254. The lowest BCUT2D eigenvalue weighted by molar-refractivity contribution is 0.0696. The first-order valence-corrected chi connectivity index (χ1v) is 6.39. The number of aromatic nitrogens is 1. The van der Waals surface area contributed by atoms with Crippen molar-refractivity contribution in [2.45, 2.75) is 13.8 Å². The van der Waals surface area contributed by atoms with Crippen LogP contribution in [0.4, 0.5) is 5.69 Å². The predicted octanol–water partition coefficient (Wildman–Crippen LogP) is 0.971. The SMILES string of the molecule is Cc1cc(NN2CCN(C)CC2)c(C(=O)O)c(C)n1. The maximum atomic E-state index is 11.3. The van der Waals surface area contributed by atoms with Crippen LogP contribution in [0.25, 0.3) is 0 Å². The molecule has 1 aromatic heterocycles. The first kappa shape index (κ1) is 13.8. The Kier molecular flexibility index (Phi) is 4.01. The molecule has 2 rings (SSSR count). The number of aryl methyl sites for hydroxylation is 2. The molecule has 6 nitrogen and oxygen atoms in total. The lowest BCUT2D eigenvalue weighted by Gasteiger charge is -2.33. The van der Waals surface area contributed by atoms with Crippen LogP contribution in [-0.2, 0) is 0 Å². The maximum absolute atomic E-state index is 11.3. The van der Waals surface area contributed by atoms with E-state index in [0.717, 1.165) is 31.9 Å². The molecule has 19 heavy (non-hydrogen) atoms. The number of anilines is 1. The fraction of sp³-hybridized carbons (Fsp3) is 0.538. The molecule has 2 N–H and O–H groups in total. The van der Waals surface area contributed by atoms with Crippen LogP contribution in [0.5, 0.6) is 0 Å². The summed E-state index contributed by atoms with van der Waals surface area (Å²) in [6.45, 7) is 7.28. The molecule has 0 aromatic carbocycles. The Morgan fingerprint density at radius 3 is 2.53 bits per heavy atom. The molecule has 0 saturated carbocycles. The van der Waals surface area contributed by atoms with Crippen molar-refractivity contribution in [3.63, 3.8) is 0 Å². The van der Waals surface area contributed by atoms with Crippen LogP contribution in [-0.4, -0.2) is 59.2 Å². The van der Waals surface area contributed by atoms with E-state index in [0.29, 0.717) is 11.4 Å². The Balaban J connectivity index is 2.21. The van der Waals surface area contributed by atoms with Gasteiger partial charge in [-0.15, -0.1) is 0 Å². The van der Waals surface area contributed by atoms with Gasteiger partial charge in [0.05, 0.1) is 11.4 Å². The number of carboxylic acids is 1. The molecule has 0 bridgehead atoms. The Morgan fingerprint density at radius 2 is 1.95 bits per heavy atom. The molecular formula is C13H20N4O2. The van der Waals surface area contributed by atoms with Crippen molar-refractivity contribution in [2.24, 2.45) is 0 Å². The van der Waals surface area contributed by atoms with Gasteiger partial charge in [-0.05, 0) is 27.0 Å². The van der Waals surface area contributed by atoms with E-state index in [4.69, 9.17) is 0 Å². The molecule has 0 atom stereocenters. The summed E-state index contributed by atoms with van der Waals surface area (Å²) >= 11 is 0. The second-order valence-corrected chi connectivity index (χ2v) is 4.98. The van der Waals surface area contributed by atoms with Crippen molar-refractivity contribution in [3.8, 4) is 0 Å². The van der Waals surface area contributed by atoms with Crippen LogP contribution in [0.3, 0.4) is 0 Å². The molecule has 0 amide bonds. The summed E-state index contributed by atoms with van der Waals surface area (Å²) in [5.41, 5.74) is 5.46. The first-order valence-electron chi connectivity index (χ1n) is 6.39. The smallest absolute Gasteiger partial charge is 0.339 e. The predicted molar refractivity (Wildman–Crippen MR) is 73.4 cm³/mol. The van der Waals surface area contributed by atoms with E-state index in [-0.39, 0.29) is 5.56 Å². The highest BCUT2D eigenvalue weighted by Crippen LogP contribution is 2.20. The molecular weight excluding hydrogens is 244 g/mol. The summed E-state index contributed by atoms with van der Waals surface area (Å²) in [4.78, 5) is 17.8. The number of carboxylic acid groups (broad SMARTS) is 1. The zero-order chi connectivity index (χ0) is 14.0. The third kappa shape index (κ3) is 3.21. The van der Waals surface area contributed by atoms with Gasteiger partial charge in [-0.3, -0.25) is 4.98 Å². The van der Waals surface area contributed by atoms with Crippen molar-refractivity contribution in [1.82, 2.24) is 14.9 Å². The minimum Gasteiger partial charge on any atom is -0.478 e. The number of carbonyl (C=O) groups is 1. The van der Waals surface area contributed by atoms with Crippen LogP contribution in [0.15, 0.2) is 6.07 Å². The molecule has 2 heterocycles. The average molecular weight is 264 g/mol. The largest absolute Gasteiger partial charge is 0.478 e. The number of pyridine rings is 1. The third-order valence-electron chi connectivity index (χ3n) is 3.32. The van der Waals surface area contributed by atoms with Gasteiger partial charge in [0, 0.05) is 31.9 Å². The highest BCUT2D eigenvalue weighted by molar-refractivity contribution is 5.95. The quantitative estimate of drug-likeness (QED) is 0.848. The maximum Gasteiger partial charge on any atom is 0.339 e. The van der Waals surface area contributed by atoms with Gasteiger partial charge in [0.1, 0.15) is 5.56 Å². The summed E-state index contributed by atoms with van der Waals surface area (Å²) in [6.07, 6.45) is 0. The van der Waals surface area contributed by atoms with E-state index < -0.39 is 5.97 Å². The van der Waals surface area contributed by atoms with Gasteiger partial charge in [-0.25, -0.2) is 9.80 Å². The Morgan fingerprint density at radius 1 is 1.32 bits per heavy atom. The fourth-order valence-corrected chi connectivity index (χ4v) is 2.28. The van der Waals surface area contributed by atoms with Crippen LogP contribution >= 0.6 is 0 Å². The standard InChI is InChI=1S/C13H20N4O2/c1-9-8-11(12(13(18)19)10(2)14-9)15-17-6-4-16(3)5-7-17/h8H,4-7H2,1-3H3,(H,14,15)(H,18,19). The summed E-state index contributed by atoms with van der Waals surface area (Å²) in [5, 5.41) is 11.4. The van der Waals surface area contributed by atoms with Crippen molar-refractivity contribution in [2.75, 3.05) is 38.7 Å². The molecule has 1 aliphatic heterocycles. The number of nitrogens with one attached hydrogen (secondary N) is 1. The molecule has 1 fully saturated rings. The first-order chi connectivity index (χ1) is 8.97. The number of hydrazine groups is 1. The van der Waals surface area contributed by atoms with Gasteiger partial charge in [0.2, 0.25) is 0 Å². The van der Waals surface area contributed by atoms with E-state index in [2.05, 4.69) is 27.4 Å². The second kappa shape index (κ2) is 5.54. The van der Waals surface area contributed by atoms with Crippen molar-refractivity contribution in [3.05, 3.63) is 23.0 Å². The molecule has 104 valence electrons. The monoisotopic (exact) mass is 264 g/mol. The highest BCUT2D eigenvalue weighted by atomic mass is 16.4. The van der Waals surface area contributed by atoms with E-state index in [1.165, 1.54) is 0 Å². The highest BCUT2D eigenvalue weighted by Gasteiger charge is 2.19. The number of aromatic carboxylic acids is 1. The minimum atomic E-state index is -0.943. The molecule has 6 heteroatoms. The molecule has 0 radical (unpaired) electrons. The Labute approximate surface area is 113 Å². The van der Waals surface area contributed by atoms with Crippen LogP contribution in [0, 0.1) is 13.8 Å². The van der Waals surface area contributed by atoms with E-state index in [1.807, 2.05) is 6.92 Å². The van der Waals surface area contributed by atoms with E-state index >= 15 is 0 Å². The van der Waals surface area contributed by atoms with Gasteiger partial charge >= 0.3 is 5.97 Å². The van der Waals surface area contributed by atoms with Gasteiger partial charge in [-0.2, -0.15) is 0 Å². The van der Waals surface area contributed by atoms with Crippen molar-refractivity contribution >= 4 is 11.7 Å². The molecule has 1 saturated heterocycles. The molecule has 1 aliphatic rings. The topological polar surface area (TPSA) is 68.7 Å². The van der Waals surface area contributed by atoms with Crippen LogP contribution in [0.2, 0.25) is 0 Å². The molecule has 0 aliphatic carbocycles. The van der Waals surface area contributed by atoms with Gasteiger partial charge in [-0.1, -0.05) is 0 Å². The number of piperazine rings is 1. The zero-order valence-corrected chi connectivity index (χ0v) is 11.6. The summed E-state index contributed by atoms with van der Waals surface area (Å²) < 4.78 is 0. The van der Waals surface area contributed by atoms with Gasteiger partial charge in [0.25, 0.3) is 0 Å². The van der Waals surface area contributed by atoms with Crippen LogP contribution in [0.1, 0.15) is 21.7 Å². The summed E-state index contributed by atoms with van der Waals surface area (Å²) in [5.74, 6) is -0.943. The summed E-state index contributed by atoms with van der Waals surface area (Å²) in [7, 11) is 2.08. The molecule has 0 unspecified atom stereocenters. The number of likely N-dealkylation sites (N-methyl/N-ethyl adjacent to an activating group) is 1. The molecule has 0 spiro atoms. The van der Waals surface area contributed by atoms with E-state index in [9.17, 15) is 9.90 Å². The Hall–Kier alpha value is -1.66. The number of hydrogen-bond acceptors (Lipinski definition) is 5. The van der Waals surface area contributed by atoms with Crippen LogP contribution < -0.4 is 5.43 Å². The van der Waals surface area contributed by atoms with Gasteiger partial charge < -0.3 is 15.4 Å². The lowest BCUT2D eigenvalue weighted by atomic mass is 10.1. The van der Waals surface area contributed by atoms with Crippen molar-refractivity contribution < 1.29 is 9.90 Å².